The molecule has 0 amide bonds. The molecule has 2 atom stereocenters. The Hall–Kier alpha value is -0.900. The Bertz CT molecular complexity index is 302. The van der Waals surface area contributed by atoms with Gasteiger partial charge in [-0.25, -0.2) is 0 Å². The van der Waals surface area contributed by atoms with E-state index in [2.05, 4.69) is 12.1 Å². The van der Waals surface area contributed by atoms with Crippen LogP contribution in [0.15, 0.2) is 30.3 Å². The standard InChI is InChI=1S/C13H19NO2/c14-12-6-9-16-13(12)7-8-15-10-11-4-2-1-3-5-11/h1-5,12-13H,6-10,14H2/t12-,13+/m0/s1. The van der Waals surface area contributed by atoms with Gasteiger partial charge in [-0.1, -0.05) is 30.3 Å². The van der Waals surface area contributed by atoms with Crippen LogP contribution >= 0.6 is 0 Å². The maximum atomic E-state index is 5.89. The van der Waals surface area contributed by atoms with Crippen molar-refractivity contribution in [1.29, 1.82) is 0 Å². The lowest BCUT2D eigenvalue weighted by molar-refractivity contribution is 0.0493. The largest absolute Gasteiger partial charge is 0.377 e. The maximum Gasteiger partial charge on any atom is 0.0748 e. The third-order valence-electron chi connectivity index (χ3n) is 2.92. The average Bonchev–Trinajstić information content (AvgIpc) is 2.72. The molecule has 0 bridgehead atoms. The minimum Gasteiger partial charge on any atom is -0.377 e. The van der Waals surface area contributed by atoms with Crippen LogP contribution in [0.4, 0.5) is 0 Å². The smallest absolute Gasteiger partial charge is 0.0748 e. The predicted molar refractivity (Wildman–Crippen MR) is 63.0 cm³/mol. The molecule has 16 heavy (non-hydrogen) atoms. The third kappa shape index (κ3) is 3.30. The van der Waals surface area contributed by atoms with Crippen molar-refractivity contribution in [3.8, 4) is 0 Å². The first kappa shape index (κ1) is 11.6. The van der Waals surface area contributed by atoms with E-state index in [1.54, 1.807) is 0 Å². The molecule has 0 spiro atoms. The second-order valence-electron chi connectivity index (χ2n) is 4.19. The Kier molecular flexibility index (Phi) is 4.34. The molecule has 2 N–H and O–H groups in total. The predicted octanol–water partition coefficient (Wildman–Crippen LogP) is 1.71. The van der Waals surface area contributed by atoms with Crippen LogP contribution in [0, 0.1) is 0 Å². The SMILES string of the molecule is N[C@H]1CCO[C@@H]1CCOCc1ccccc1. The summed E-state index contributed by atoms with van der Waals surface area (Å²) in [6.45, 7) is 2.18. The highest BCUT2D eigenvalue weighted by Gasteiger charge is 2.23. The summed E-state index contributed by atoms with van der Waals surface area (Å²) in [6, 6.07) is 10.4. The molecule has 0 saturated carbocycles. The minimum atomic E-state index is 0.191. The summed E-state index contributed by atoms with van der Waals surface area (Å²) in [5.74, 6) is 0. The fourth-order valence-electron chi connectivity index (χ4n) is 1.93. The molecule has 2 rings (SSSR count). The quantitative estimate of drug-likeness (QED) is 0.770. The van der Waals surface area contributed by atoms with Gasteiger partial charge in [0.05, 0.1) is 12.7 Å². The van der Waals surface area contributed by atoms with Crippen LogP contribution in [0.2, 0.25) is 0 Å². The second kappa shape index (κ2) is 5.99. The normalized spacial score (nSPS) is 24.8. The van der Waals surface area contributed by atoms with Crippen molar-refractivity contribution in [2.45, 2.75) is 31.6 Å². The van der Waals surface area contributed by atoms with Crippen LogP contribution < -0.4 is 5.73 Å². The summed E-state index contributed by atoms with van der Waals surface area (Å²) in [7, 11) is 0. The number of hydrogen-bond donors (Lipinski definition) is 1. The molecular weight excluding hydrogens is 202 g/mol. The van der Waals surface area contributed by atoms with Crippen molar-refractivity contribution in [1.82, 2.24) is 0 Å². The van der Waals surface area contributed by atoms with Crippen LogP contribution in [0.5, 0.6) is 0 Å². The highest BCUT2D eigenvalue weighted by atomic mass is 16.5. The molecule has 0 radical (unpaired) electrons. The molecule has 0 aliphatic carbocycles. The fourth-order valence-corrected chi connectivity index (χ4v) is 1.93. The minimum absolute atomic E-state index is 0.191. The average molecular weight is 221 g/mol. The Morgan fingerprint density at radius 2 is 2.12 bits per heavy atom. The zero-order valence-corrected chi connectivity index (χ0v) is 9.47. The fraction of sp³-hybridized carbons (Fsp3) is 0.538. The zero-order chi connectivity index (χ0) is 11.2. The van der Waals surface area contributed by atoms with Gasteiger partial charge in [0, 0.05) is 19.3 Å². The van der Waals surface area contributed by atoms with Crippen molar-refractivity contribution in [3.05, 3.63) is 35.9 Å². The molecule has 1 aromatic carbocycles. The van der Waals surface area contributed by atoms with Crippen LogP contribution in [-0.2, 0) is 16.1 Å². The number of nitrogens with two attached hydrogens (primary N) is 1. The van der Waals surface area contributed by atoms with Gasteiger partial charge < -0.3 is 15.2 Å². The van der Waals surface area contributed by atoms with Crippen LogP contribution in [0.3, 0.4) is 0 Å². The van der Waals surface area contributed by atoms with E-state index in [0.29, 0.717) is 13.2 Å². The molecule has 1 aliphatic heterocycles. The topological polar surface area (TPSA) is 44.5 Å². The van der Waals surface area contributed by atoms with E-state index in [1.807, 2.05) is 18.2 Å². The Morgan fingerprint density at radius 3 is 2.81 bits per heavy atom. The summed E-state index contributed by atoms with van der Waals surface area (Å²) in [5.41, 5.74) is 7.10. The molecule has 0 aromatic heterocycles. The Labute approximate surface area is 96.5 Å². The molecule has 3 nitrogen and oxygen atoms in total. The molecule has 1 heterocycles. The monoisotopic (exact) mass is 221 g/mol. The number of ether oxygens (including phenoxy) is 2. The zero-order valence-electron chi connectivity index (χ0n) is 9.47. The highest BCUT2D eigenvalue weighted by Crippen LogP contribution is 2.14. The van der Waals surface area contributed by atoms with Crippen molar-refractivity contribution in [3.63, 3.8) is 0 Å². The van der Waals surface area contributed by atoms with Crippen LogP contribution in [-0.4, -0.2) is 25.4 Å². The van der Waals surface area contributed by atoms with Crippen LogP contribution in [0.1, 0.15) is 18.4 Å². The molecule has 1 aliphatic rings. The van der Waals surface area contributed by atoms with Gasteiger partial charge in [0.25, 0.3) is 0 Å². The van der Waals surface area contributed by atoms with Gasteiger partial charge in [0.15, 0.2) is 0 Å². The molecular formula is C13H19NO2. The molecule has 0 unspecified atom stereocenters. The van der Waals surface area contributed by atoms with Gasteiger partial charge in [0.1, 0.15) is 0 Å². The highest BCUT2D eigenvalue weighted by molar-refractivity contribution is 5.13. The Balaban J connectivity index is 1.62. The van der Waals surface area contributed by atoms with Gasteiger partial charge in [-0.05, 0) is 18.4 Å². The van der Waals surface area contributed by atoms with Crippen molar-refractivity contribution in [2.75, 3.05) is 13.2 Å². The first-order chi connectivity index (χ1) is 7.86. The number of hydrogen-bond acceptors (Lipinski definition) is 3. The third-order valence-corrected chi connectivity index (χ3v) is 2.92. The van der Waals surface area contributed by atoms with E-state index in [0.717, 1.165) is 19.4 Å². The summed E-state index contributed by atoms with van der Waals surface area (Å²) in [6.07, 6.45) is 2.06. The van der Waals surface area contributed by atoms with Gasteiger partial charge in [-0.15, -0.1) is 0 Å². The van der Waals surface area contributed by atoms with Gasteiger partial charge >= 0.3 is 0 Å². The summed E-state index contributed by atoms with van der Waals surface area (Å²) < 4.78 is 11.1. The van der Waals surface area contributed by atoms with E-state index in [9.17, 15) is 0 Å². The summed E-state index contributed by atoms with van der Waals surface area (Å²) >= 11 is 0. The molecule has 1 fully saturated rings. The molecule has 3 heteroatoms. The van der Waals surface area contributed by atoms with Crippen molar-refractivity contribution in [2.24, 2.45) is 5.73 Å². The lowest BCUT2D eigenvalue weighted by Crippen LogP contribution is -2.30. The lowest BCUT2D eigenvalue weighted by Gasteiger charge is -2.14. The molecule has 1 saturated heterocycles. The first-order valence-electron chi connectivity index (χ1n) is 5.85. The molecule has 88 valence electrons. The second-order valence-corrected chi connectivity index (χ2v) is 4.19. The van der Waals surface area contributed by atoms with E-state index >= 15 is 0 Å². The molecule has 1 aromatic rings. The number of rotatable bonds is 5. The van der Waals surface area contributed by atoms with E-state index < -0.39 is 0 Å². The van der Waals surface area contributed by atoms with E-state index in [-0.39, 0.29) is 12.1 Å². The van der Waals surface area contributed by atoms with Gasteiger partial charge in [-0.3, -0.25) is 0 Å². The van der Waals surface area contributed by atoms with Crippen molar-refractivity contribution < 1.29 is 9.47 Å². The number of benzene rings is 1. The summed E-state index contributed by atoms with van der Waals surface area (Å²) in [4.78, 5) is 0. The van der Waals surface area contributed by atoms with Gasteiger partial charge in [0.2, 0.25) is 0 Å². The van der Waals surface area contributed by atoms with E-state index in [4.69, 9.17) is 15.2 Å². The summed E-state index contributed by atoms with van der Waals surface area (Å²) in [5, 5.41) is 0. The van der Waals surface area contributed by atoms with Gasteiger partial charge in [-0.2, -0.15) is 0 Å². The Morgan fingerprint density at radius 1 is 1.31 bits per heavy atom. The van der Waals surface area contributed by atoms with Crippen molar-refractivity contribution >= 4 is 0 Å². The van der Waals surface area contributed by atoms with E-state index in [1.165, 1.54) is 5.56 Å². The first-order valence-corrected chi connectivity index (χ1v) is 5.85. The maximum absolute atomic E-state index is 5.89. The van der Waals surface area contributed by atoms with Crippen LogP contribution in [0.25, 0.3) is 0 Å². The lowest BCUT2D eigenvalue weighted by atomic mass is 10.1.